The fraction of sp³-hybridized carbons (Fsp3) is 0.0769. The minimum atomic E-state index is -4.42. The van der Waals surface area contributed by atoms with Crippen LogP contribution in [0.4, 0.5) is 13.2 Å². The first-order valence-corrected chi connectivity index (χ1v) is 6.56. The third-order valence-electron chi connectivity index (χ3n) is 2.41. The highest BCUT2D eigenvalue weighted by atomic mass is 35.5. The lowest BCUT2D eigenvalue weighted by Gasteiger charge is -2.08. The summed E-state index contributed by atoms with van der Waals surface area (Å²) >= 11 is 6.95. The van der Waals surface area contributed by atoms with E-state index in [4.69, 9.17) is 11.6 Å². The number of aldehydes is 1. The molecule has 0 unspecified atom stereocenters. The summed E-state index contributed by atoms with van der Waals surface area (Å²) in [6.45, 7) is 0. The van der Waals surface area contributed by atoms with E-state index in [0.717, 1.165) is 24.0 Å². The molecule has 7 heteroatoms. The van der Waals surface area contributed by atoms with E-state index >= 15 is 0 Å². The maximum atomic E-state index is 12.4. The summed E-state index contributed by atoms with van der Waals surface area (Å²) in [6, 6.07) is 7.07. The lowest BCUT2D eigenvalue weighted by molar-refractivity contribution is -0.137. The second kappa shape index (κ2) is 5.85. The molecule has 1 aromatic carbocycles. The number of benzene rings is 1. The fourth-order valence-electron chi connectivity index (χ4n) is 1.44. The van der Waals surface area contributed by atoms with Crippen LogP contribution in [0.2, 0.25) is 5.02 Å². The zero-order valence-electron chi connectivity index (χ0n) is 9.82. The van der Waals surface area contributed by atoms with Crippen LogP contribution < -0.4 is 0 Å². The van der Waals surface area contributed by atoms with Gasteiger partial charge in [-0.15, -0.1) is 0 Å². The summed E-state index contributed by atoms with van der Waals surface area (Å²) in [4.78, 5) is 15.2. The number of alkyl halides is 3. The molecule has 0 fully saturated rings. The number of carbonyl (C=O) groups is 1. The summed E-state index contributed by atoms with van der Waals surface area (Å²) < 4.78 is 37.2. The molecule has 2 rings (SSSR count). The SMILES string of the molecule is O=Cc1c(Cl)cccc1Sc1ccc(C(F)(F)F)cn1. The molecule has 104 valence electrons. The van der Waals surface area contributed by atoms with Gasteiger partial charge in [0.1, 0.15) is 5.03 Å². The van der Waals surface area contributed by atoms with Gasteiger partial charge in [-0.3, -0.25) is 4.79 Å². The van der Waals surface area contributed by atoms with Gasteiger partial charge in [-0.2, -0.15) is 13.2 Å². The third kappa shape index (κ3) is 3.32. The molecule has 0 saturated heterocycles. The maximum Gasteiger partial charge on any atom is 0.417 e. The van der Waals surface area contributed by atoms with Crippen LogP contribution in [0.3, 0.4) is 0 Å². The van der Waals surface area contributed by atoms with Crippen LogP contribution in [-0.4, -0.2) is 11.3 Å². The van der Waals surface area contributed by atoms with E-state index in [1.165, 1.54) is 6.07 Å². The summed E-state index contributed by atoms with van der Waals surface area (Å²) in [7, 11) is 0. The van der Waals surface area contributed by atoms with Crippen molar-refractivity contribution in [2.45, 2.75) is 16.1 Å². The van der Waals surface area contributed by atoms with E-state index in [1.807, 2.05) is 0 Å². The second-order valence-corrected chi connectivity index (χ2v) is 5.22. The molecule has 0 N–H and O–H groups in total. The average molecular weight is 318 g/mol. The maximum absolute atomic E-state index is 12.4. The van der Waals surface area contributed by atoms with Crippen molar-refractivity contribution < 1.29 is 18.0 Å². The highest BCUT2D eigenvalue weighted by Crippen LogP contribution is 2.34. The Bertz CT molecular complexity index is 629. The highest BCUT2D eigenvalue weighted by Gasteiger charge is 2.30. The zero-order chi connectivity index (χ0) is 14.8. The van der Waals surface area contributed by atoms with Crippen molar-refractivity contribution in [3.05, 3.63) is 52.7 Å². The molecule has 0 aliphatic heterocycles. The molecule has 0 spiro atoms. The molecular weight excluding hydrogens is 311 g/mol. The zero-order valence-corrected chi connectivity index (χ0v) is 11.4. The Hall–Kier alpha value is -1.53. The van der Waals surface area contributed by atoms with Crippen molar-refractivity contribution in [2.24, 2.45) is 0 Å². The quantitative estimate of drug-likeness (QED) is 0.767. The van der Waals surface area contributed by atoms with Gasteiger partial charge in [-0.05, 0) is 24.3 Å². The third-order valence-corrected chi connectivity index (χ3v) is 3.77. The first-order chi connectivity index (χ1) is 9.41. The van der Waals surface area contributed by atoms with Crippen molar-refractivity contribution in [1.29, 1.82) is 0 Å². The Labute approximate surface area is 122 Å². The molecule has 0 bridgehead atoms. The molecule has 2 nitrogen and oxygen atoms in total. The molecule has 0 aliphatic rings. The summed E-state index contributed by atoms with van der Waals surface area (Å²) in [5, 5.41) is 0.639. The van der Waals surface area contributed by atoms with Crippen molar-refractivity contribution in [2.75, 3.05) is 0 Å². The number of rotatable bonds is 3. The Morgan fingerprint density at radius 1 is 1.20 bits per heavy atom. The van der Waals surface area contributed by atoms with Crippen molar-refractivity contribution in [3.63, 3.8) is 0 Å². The van der Waals surface area contributed by atoms with Crippen LogP contribution >= 0.6 is 23.4 Å². The number of hydrogen-bond donors (Lipinski definition) is 0. The van der Waals surface area contributed by atoms with E-state index < -0.39 is 11.7 Å². The molecular formula is C13H7ClF3NOS. The average Bonchev–Trinajstić information content (AvgIpc) is 2.38. The van der Waals surface area contributed by atoms with Gasteiger partial charge in [0, 0.05) is 16.7 Å². The van der Waals surface area contributed by atoms with E-state index in [-0.39, 0.29) is 5.02 Å². The van der Waals surface area contributed by atoms with Crippen LogP contribution in [0.1, 0.15) is 15.9 Å². The molecule has 0 atom stereocenters. The molecule has 1 aromatic heterocycles. The lowest BCUT2D eigenvalue weighted by Crippen LogP contribution is -2.05. The fourth-order valence-corrected chi connectivity index (χ4v) is 2.60. The standard InChI is InChI=1S/C13H7ClF3NOS/c14-10-2-1-3-11(9(10)7-19)20-12-5-4-8(6-18-12)13(15,16)17/h1-7H. The molecule has 0 aliphatic carbocycles. The Morgan fingerprint density at radius 3 is 2.50 bits per heavy atom. The van der Waals surface area contributed by atoms with Gasteiger partial charge in [-0.25, -0.2) is 4.98 Å². The largest absolute Gasteiger partial charge is 0.417 e. The van der Waals surface area contributed by atoms with Gasteiger partial charge in [0.25, 0.3) is 0 Å². The highest BCUT2D eigenvalue weighted by molar-refractivity contribution is 7.99. The number of aromatic nitrogens is 1. The Morgan fingerprint density at radius 2 is 1.95 bits per heavy atom. The van der Waals surface area contributed by atoms with Crippen molar-refractivity contribution in [3.8, 4) is 0 Å². The van der Waals surface area contributed by atoms with Gasteiger partial charge >= 0.3 is 6.18 Å². The normalized spacial score (nSPS) is 11.4. The van der Waals surface area contributed by atoms with E-state index in [9.17, 15) is 18.0 Å². The molecule has 0 amide bonds. The molecule has 0 radical (unpaired) electrons. The van der Waals surface area contributed by atoms with Crippen LogP contribution in [0.25, 0.3) is 0 Å². The Kier molecular flexibility index (Phi) is 4.35. The predicted molar refractivity (Wildman–Crippen MR) is 70.2 cm³/mol. The van der Waals surface area contributed by atoms with Crippen LogP contribution in [0.5, 0.6) is 0 Å². The van der Waals surface area contributed by atoms with Crippen LogP contribution in [-0.2, 0) is 6.18 Å². The monoisotopic (exact) mass is 317 g/mol. The number of pyridine rings is 1. The first-order valence-electron chi connectivity index (χ1n) is 5.36. The predicted octanol–water partition coefficient (Wildman–Crippen LogP) is 4.72. The van der Waals surface area contributed by atoms with Crippen LogP contribution in [0.15, 0.2) is 46.5 Å². The van der Waals surface area contributed by atoms with E-state index in [2.05, 4.69) is 4.98 Å². The summed E-state index contributed by atoms with van der Waals surface area (Å²) in [5.41, 5.74) is -0.524. The second-order valence-electron chi connectivity index (χ2n) is 3.75. The molecule has 1 heterocycles. The van der Waals surface area contributed by atoms with Gasteiger partial charge < -0.3 is 0 Å². The molecule has 2 aromatic rings. The van der Waals surface area contributed by atoms with Crippen molar-refractivity contribution in [1.82, 2.24) is 4.98 Å². The molecule has 20 heavy (non-hydrogen) atoms. The first kappa shape index (κ1) is 14.9. The van der Waals surface area contributed by atoms with Crippen LogP contribution in [0, 0.1) is 0 Å². The minimum Gasteiger partial charge on any atom is -0.298 e. The minimum absolute atomic E-state index is 0.289. The smallest absolute Gasteiger partial charge is 0.298 e. The van der Waals surface area contributed by atoms with Gasteiger partial charge in [0.2, 0.25) is 0 Å². The summed E-state index contributed by atoms with van der Waals surface area (Å²) in [6.07, 6.45) is -3.05. The topological polar surface area (TPSA) is 30.0 Å². The number of halogens is 4. The lowest BCUT2D eigenvalue weighted by atomic mass is 10.2. The van der Waals surface area contributed by atoms with Crippen molar-refractivity contribution >= 4 is 29.6 Å². The Balaban J connectivity index is 2.27. The van der Waals surface area contributed by atoms with E-state index in [0.29, 0.717) is 21.8 Å². The molecule has 0 saturated carbocycles. The number of hydrogen-bond acceptors (Lipinski definition) is 3. The van der Waals surface area contributed by atoms with E-state index in [1.54, 1.807) is 18.2 Å². The summed E-state index contributed by atoms with van der Waals surface area (Å²) in [5.74, 6) is 0. The number of nitrogens with zero attached hydrogens (tertiary/aromatic N) is 1. The number of carbonyl (C=O) groups excluding carboxylic acids is 1. The van der Waals surface area contributed by atoms with Gasteiger partial charge in [-0.1, -0.05) is 29.4 Å². The van der Waals surface area contributed by atoms with Gasteiger partial charge in [0.15, 0.2) is 6.29 Å². The van der Waals surface area contributed by atoms with Gasteiger partial charge in [0.05, 0.1) is 10.6 Å².